The first-order valence-corrected chi connectivity index (χ1v) is 5.88. The van der Waals surface area contributed by atoms with E-state index in [4.69, 9.17) is 10.5 Å². The Hall–Kier alpha value is -1.95. The number of hydrogen-bond donors (Lipinski definition) is 1. The number of thiophene rings is 1. The van der Waals surface area contributed by atoms with Gasteiger partial charge in [-0.05, 0) is 19.1 Å². The Morgan fingerprint density at radius 2 is 2.18 bits per heavy atom. The third kappa shape index (κ3) is 2.42. The first kappa shape index (κ1) is 11.5. The molecule has 0 aromatic carbocycles. The van der Waals surface area contributed by atoms with Crippen LogP contribution in [0.5, 0.6) is 0 Å². The molecule has 2 rings (SSSR count). The summed E-state index contributed by atoms with van der Waals surface area (Å²) in [5.74, 6) is 0.150. The minimum atomic E-state index is -0.405. The quantitative estimate of drug-likeness (QED) is 0.841. The molecule has 88 valence electrons. The van der Waals surface area contributed by atoms with E-state index in [1.807, 2.05) is 0 Å². The smallest absolute Gasteiger partial charge is 0.350 e. The standard InChI is InChI=1S/C11H11N3O2S/c1-2-16-11(15)9-7(12)6-8(17-9)10-13-4-3-5-14-10/h3-6H,2,12H2,1H3. The fourth-order valence-electron chi connectivity index (χ4n) is 1.30. The van der Waals surface area contributed by atoms with Crippen LogP contribution in [0.25, 0.3) is 10.7 Å². The second-order valence-electron chi connectivity index (χ2n) is 3.19. The number of carbonyl (C=O) groups is 1. The summed E-state index contributed by atoms with van der Waals surface area (Å²) in [6.45, 7) is 2.08. The van der Waals surface area contributed by atoms with Gasteiger partial charge in [-0.2, -0.15) is 0 Å². The second-order valence-corrected chi connectivity index (χ2v) is 4.24. The van der Waals surface area contributed by atoms with Crippen LogP contribution in [0.4, 0.5) is 5.69 Å². The highest BCUT2D eigenvalue weighted by molar-refractivity contribution is 7.17. The normalized spacial score (nSPS) is 10.2. The zero-order valence-electron chi connectivity index (χ0n) is 9.21. The number of carbonyl (C=O) groups excluding carboxylic acids is 1. The average Bonchev–Trinajstić information content (AvgIpc) is 2.73. The fourth-order valence-corrected chi connectivity index (χ4v) is 2.22. The molecule has 0 spiro atoms. The van der Waals surface area contributed by atoms with Gasteiger partial charge >= 0.3 is 5.97 Å². The summed E-state index contributed by atoms with van der Waals surface area (Å²) in [5.41, 5.74) is 6.16. The molecule has 6 heteroatoms. The Labute approximate surface area is 102 Å². The van der Waals surface area contributed by atoms with Gasteiger partial charge in [0.25, 0.3) is 0 Å². The molecule has 0 amide bonds. The number of esters is 1. The molecule has 0 radical (unpaired) electrons. The molecular weight excluding hydrogens is 238 g/mol. The Bertz CT molecular complexity index is 525. The molecule has 0 unspecified atom stereocenters. The second kappa shape index (κ2) is 4.92. The number of anilines is 1. The van der Waals surface area contributed by atoms with Gasteiger partial charge in [0.2, 0.25) is 0 Å². The van der Waals surface area contributed by atoms with Crippen LogP contribution < -0.4 is 5.73 Å². The summed E-state index contributed by atoms with van der Waals surface area (Å²) in [4.78, 5) is 20.9. The molecule has 0 fully saturated rings. The summed E-state index contributed by atoms with van der Waals surface area (Å²) in [7, 11) is 0. The van der Waals surface area contributed by atoms with Crippen LogP contribution >= 0.6 is 11.3 Å². The zero-order chi connectivity index (χ0) is 12.3. The molecule has 0 aliphatic rings. The molecule has 0 bridgehead atoms. The van der Waals surface area contributed by atoms with Crippen molar-refractivity contribution in [2.75, 3.05) is 12.3 Å². The third-order valence-corrected chi connectivity index (χ3v) is 3.13. The highest BCUT2D eigenvalue weighted by Crippen LogP contribution is 2.31. The van der Waals surface area contributed by atoms with Crippen molar-refractivity contribution >= 4 is 23.0 Å². The zero-order valence-corrected chi connectivity index (χ0v) is 10.0. The molecule has 0 aliphatic carbocycles. The molecule has 2 aromatic rings. The molecule has 0 saturated heterocycles. The van der Waals surface area contributed by atoms with E-state index >= 15 is 0 Å². The third-order valence-electron chi connectivity index (χ3n) is 2.01. The summed E-state index contributed by atoms with van der Waals surface area (Å²) in [6.07, 6.45) is 3.28. The molecule has 2 N–H and O–H groups in total. The topological polar surface area (TPSA) is 78.1 Å². The summed E-state index contributed by atoms with van der Waals surface area (Å²) in [6, 6.07) is 3.42. The van der Waals surface area contributed by atoms with Crippen LogP contribution in [0.2, 0.25) is 0 Å². The molecule has 2 heterocycles. The van der Waals surface area contributed by atoms with Crippen molar-refractivity contribution in [3.8, 4) is 10.7 Å². The van der Waals surface area contributed by atoms with E-state index in [9.17, 15) is 4.79 Å². The minimum absolute atomic E-state index is 0.327. The van der Waals surface area contributed by atoms with Gasteiger partial charge in [-0.1, -0.05) is 0 Å². The Morgan fingerprint density at radius 1 is 1.47 bits per heavy atom. The van der Waals surface area contributed by atoms with E-state index in [0.29, 0.717) is 23.0 Å². The van der Waals surface area contributed by atoms with Gasteiger partial charge in [-0.3, -0.25) is 0 Å². The van der Waals surface area contributed by atoms with Crippen LogP contribution in [0.3, 0.4) is 0 Å². The van der Waals surface area contributed by atoms with Crippen molar-refractivity contribution in [1.82, 2.24) is 9.97 Å². The van der Waals surface area contributed by atoms with Crippen LogP contribution in [-0.2, 0) is 4.74 Å². The number of hydrogen-bond acceptors (Lipinski definition) is 6. The van der Waals surface area contributed by atoms with Crippen molar-refractivity contribution in [3.63, 3.8) is 0 Å². The van der Waals surface area contributed by atoms with Crippen molar-refractivity contribution in [1.29, 1.82) is 0 Å². The lowest BCUT2D eigenvalue weighted by Gasteiger charge is -1.98. The van der Waals surface area contributed by atoms with Crippen LogP contribution in [0.15, 0.2) is 24.5 Å². The van der Waals surface area contributed by atoms with Crippen LogP contribution in [0, 0.1) is 0 Å². The van der Waals surface area contributed by atoms with E-state index in [0.717, 1.165) is 4.88 Å². The number of nitrogens with two attached hydrogens (primary N) is 1. The van der Waals surface area contributed by atoms with Gasteiger partial charge < -0.3 is 10.5 Å². The molecule has 0 aliphatic heterocycles. The van der Waals surface area contributed by atoms with Crippen molar-refractivity contribution in [2.24, 2.45) is 0 Å². The lowest BCUT2D eigenvalue weighted by Crippen LogP contribution is -2.04. The minimum Gasteiger partial charge on any atom is -0.462 e. The predicted molar refractivity (Wildman–Crippen MR) is 65.7 cm³/mol. The maximum atomic E-state index is 11.6. The number of ether oxygens (including phenoxy) is 1. The maximum Gasteiger partial charge on any atom is 0.350 e. The number of rotatable bonds is 3. The van der Waals surface area contributed by atoms with E-state index < -0.39 is 5.97 Å². The molecule has 0 atom stereocenters. The van der Waals surface area contributed by atoms with Crippen molar-refractivity contribution in [3.05, 3.63) is 29.4 Å². The van der Waals surface area contributed by atoms with Gasteiger partial charge in [-0.15, -0.1) is 11.3 Å². The molecule has 5 nitrogen and oxygen atoms in total. The Kier molecular flexibility index (Phi) is 3.34. The highest BCUT2D eigenvalue weighted by Gasteiger charge is 2.17. The van der Waals surface area contributed by atoms with E-state index in [2.05, 4.69) is 9.97 Å². The summed E-state index contributed by atoms with van der Waals surface area (Å²) >= 11 is 1.24. The highest BCUT2D eigenvalue weighted by atomic mass is 32.1. The maximum absolute atomic E-state index is 11.6. The number of nitrogens with zero attached hydrogens (tertiary/aromatic N) is 2. The molecule has 0 saturated carbocycles. The van der Waals surface area contributed by atoms with Crippen molar-refractivity contribution in [2.45, 2.75) is 6.92 Å². The van der Waals surface area contributed by atoms with Gasteiger partial charge in [0.15, 0.2) is 5.82 Å². The van der Waals surface area contributed by atoms with Gasteiger partial charge in [0.05, 0.1) is 17.2 Å². The van der Waals surface area contributed by atoms with Gasteiger partial charge in [0.1, 0.15) is 4.88 Å². The molecule has 2 aromatic heterocycles. The van der Waals surface area contributed by atoms with Crippen molar-refractivity contribution < 1.29 is 9.53 Å². The van der Waals surface area contributed by atoms with Gasteiger partial charge in [0, 0.05) is 12.4 Å². The first-order chi connectivity index (χ1) is 8.22. The summed E-state index contributed by atoms with van der Waals surface area (Å²) in [5, 5.41) is 0. The first-order valence-electron chi connectivity index (χ1n) is 5.06. The molecular formula is C11H11N3O2S. The Balaban J connectivity index is 2.34. The number of nitrogen functional groups attached to an aromatic ring is 1. The summed E-state index contributed by atoms with van der Waals surface area (Å²) < 4.78 is 4.91. The van der Waals surface area contributed by atoms with Gasteiger partial charge in [-0.25, -0.2) is 14.8 Å². The van der Waals surface area contributed by atoms with E-state index in [1.165, 1.54) is 11.3 Å². The average molecular weight is 249 g/mol. The van der Waals surface area contributed by atoms with E-state index in [-0.39, 0.29) is 0 Å². The monoisotopic (exact) mass is 249 g/mol. The SMILES string of the molecule is CCOC(=O)c1sc(-c2ncccn2)cc1N. The van der Waals surface area contributed by atoms with Crippen LogP contribution in [0.1, 0.15) is 16.6 Å². The lowest BCUT2D eigenvalue weighted by molar-refractivity contribution is 0.0533. The molecule has 17 heavy (non-hydrogen) atoms. The fraction of sp³-hybridized carbons (Fsp3) is 0.182. The largest absolute Gasteiger partial charge is 0.462 e. The lowest BCUT2D eigenvalue weighted by atomic mass is 10.3. The predicted octanol–water partition coefficient (Wildman–Crippen LogP) is 1.96. The van der Waals surface area contributed by atoms with Crippen LogP contribution in [-0.4, -0.2) is 22.5 Å². The number of aromatic nitrogens is 2. The van der Waals surface area contributed by atoms with E-state index in [1.54, 1.807) is 31.5 Å². The Morgan fingerprint density at radius 3 is 2.82 bits per heavy atom.